The summed E-state index contributed by atoms with van der Waals surface area (Å²) in [5, 5.41) is 63.8. The Morgan fingerprint density at radius 1 is 0.340 bits per heavy atom. The maximum atomic E-state index is 12.8. The molecule has 21 rings (SSSR count). The third-order valence-electron chi connectivity index (χ3n) is 22.1. The number of urea groups is 5. The number of benzene rings is 10. The molecule has 740 valence electrons. The second-order valence-electron chi connectivity index (χ2n) is 34.4. The highest BCUT2D eigenvalue weighted by molar-refractivity contribution is 6.37. The lowest BCUT2D eigenvalue weighted by Gasteiger charge is -2.20. The number of carbonyl (C=O) groups is 5. The summed E-state index contributed by atoms with van der Waals surface area (Å²) in [4.78, 5) is 159. The summed E-state index contributed by atoms with van der Waals surface area (Å²) in [6.07, 6.45) is 10.2. The lowest BCUT2D eigenvalue weighted by atomic mass is 10.0. The normalized spacial score (nSPS) is 11.5. The first-order valence-corrected chi connectivity index (χ1v) is 47.2. The lowest BCUT2D eigenvalue weighted by Crippen LogP contribution is -2.44. The quantitative estimate of drug-likeness (QED) is 0.0379. The number of anilines is 5. The molecule has 0 aliphatic heterocycles. The van der Waals surface area contributed by atoms with Crippen molar-refractivity contribution in [1.82, 2.24) is 122 Å². The average Bonchev–Trinajstić information content (AvgIpc) is 1.78. The Hall–Kier alpha value is -18.3. The molecule has 10 aromatic carbocycles. The molecule has 40 nitrogen and oxygen atoms in total. The molecule has 0 spiro atoms. The topological polar surface area (TPSA) is 592 Å². The number of nitrogens with two attached hydrogens (primary N) is 1. The predicted octanol–water partition coefficient (Wildman–Crippen LogP) is 19.5. The maximum absolute atomic E-state index is 12.8. The fourth-order valence-electron chi connectivity index (χ4n) is 15.4. The molecule has 1 fully saturated rings. The number of carbonyl (C=O) groups excluding carboxylic acids is 5. The van der Waals surface area contributed by atoms with E-state index in [1.807, 2.05) is 217 Å². The minimum atomic E-state index is -0.873. The molecule has 0 bridgehead atoms. The van der Waals surface area contributed by atoms with Crippen LogP contribution in [0.4, 0.5) is 53.1 Å². The van der Waals surface area contributed by atoms with Gasteiger partial charge in [-0.1, -0.05) is 210 Å². The van der Waals surface area contributed by atoms with Crippen LogP contribution in [0.5, 0.6) is 0 Å². The van der Waals surface area contributed by atoms with Gasteiger partial charge in [0.25, 0.3) is 27.8 Å². The Kier molecular flexibility index (Phi) is 30.1. The Morgan fingerprint density at radius 3 is 0.810 bits per heavy atom. The second kappa shape index (κ2) is 44.1. The molecule has 10 amide bonds. The number of aromatic amines is 10. The van der Waals surface area contributed by atoms with Crippen molar-refractivity contribution < 1.29 is 24.0 Å². The van der Waals surface area contributed by atoms with E-state index in [1.165, 1.54) is 0 Å². The van der Waals surface area contributed by atoms with E-state index in [9.17, 15) is 47.9 Å². The van der Waals surface area contributed by atoms with E-state index < -0.39 is 63.5 Å². The number of nitrogens with zero attached hydrogens (tertiary/aromatic N) is 10. The van der Waals surface area contributed by atoms with Gasteiger partial charge in [-0.3, -0.25) is 76.1 Å². The summed E-state index contributed by atoms with van der Waals surface area (Å²) >= 11 is 31.9. The highest BCUT2D eigenvalue weighted by atomic mass is 35.5. The molecule has 10 aromatic heterocycles. The summed E-state index contributed by atoms with van der Waals surface area (Å²) in [7, 11) is 0. The minimum Gasteiger partial charge on any atom is -0.351 e. The fraction of sp³-hybridized carbons (Fsp3) is 0.118. The van der Waals surface area contributed by atoms with Gasteiger partial charge in [-0.05, 0) is 115 Å². The van der Waals surface area contributed by atoms with Gasteiger partial charge in [0.05, 0.1) is 141 Å². The molecule has 20 aromatic rings. The number of rotatable bonds is 18. The van der Waals surface area contributed by atoms with E-state index in [2.05, 4.69) is 149 Å². The molecule has 1 aliphatic rings. The van der Waals surface area contributed by atoms with E-state index >= 15 is 0 Å². The number of H-pyrrole nitrogens is 10. The van der Waals surface area contributed by atoms with Gasteiger partial charge in [0.1, 0.15) is 0 Å². The molecule has 10 heterocycles. The second-order valence-corrected chi connectivity index (χ2v) is 36.4. The van der Waals surface area contributed by atoms with Crippen molar-refractivity contribution in [2.24, 2.45) is 5.73 Å². The van der Waals surface area contributed by atoms with Crippen LogP contribution in [-0.4, -0.2) is 155 Å². The van der Waals surface area contributed by atoms with Crippen molar-refractivity contribution in [1.29, 1.82) is 0 Å². The van der Waals surface area contributed by atoms with Crippen LogP contribution >= 0.6 is 58.0 Å². The highest BCUT2D eigenvalue weighted by Crippen LogP contribution is 2.41. The van der Waals surface area contributed by atoms with Crippen LogP contribution in [0.3, 0.4) is 0 Å². The van der Waals surface area contributed by atoms with Gasteiger partial charge in [0, 0.05) is 107 Å². The first-order valence-electron chi connectivity index (χ1n) is 45.3. The number of halogens is 5. The van der Waals surface area contributed by atoms with Crippen LogP contribution in [0.2, 0.25) is 25.1 Å². The zero-order valence-electron chi connectivity index (χ0n) is 78.4. The first kappa shape index (κ1) is 100. The van der Waals surface area contributed by atoms with Gasteiger partial charge in [0.2, 0.25) is 29.1 Å². The van der Waals surface area contributed by atoms with Crippen LogP contribution in [0.1, 0.15) is 54.4 Å². The highest BCUT2D eigenvalue weighted by Gasteiger charge is 2.28. The molecule has 0 atom stereocenters. The molecule has 0 unspecified atom stereocenters. The number of hydrogen-bond donors (Lipinski definition) is 20. The van der Waals surface area contributed by atoms with Gasteiger partial charge < -0.3 is 51.9 Å². The van der Waals surface area contributed by atoms with Crippen LogP contribution in [0, 0.1) is 0 Å². The summed E-state index contributed by atoms with van der Waals surface area (Å²) in [5.41, 5.74) is 17.8. The van der Waals surface area contributed by atoms with Crippen molar-refractivity contribution in [3.63, 3.8) is 0 Å². The molecule has 21 N–H and O–H groups in total. The van der Waals surface area contributed by atoms with Gasteiger partial charge in [-0.15, -0.1) is 0 Å². The van der Waals surface area contributed by atoms with Gasteiger partial charge in [-0.2, -0.15) is 25.5 Å². The third-order valence-corrected chi connectivity index (χ3v) is 23.6. The molecule has 1 saturated carbocycles. The molecule has 0 radical (unpaired) electrons. The van der Waals surface area contributed by atoms with Crippen molar-refractivity contribution in [2.75, 3.05) is 33.1 Å². The van der Waals surface area contributed by atoms with E-state index in [0.717, 1.165) is 67.6 Å². The Balaban J connectivity index is 0.000000126. The monoisotopic (exact) mass is 2070 g/mol. The summed E-state index contributed by atoms with van der Waals surface area (Å²) in [5.74, 6) is -0.521. The SMILES string of the molecule is CC(C)(C)NC(=O)Nc1nc(-c2ccccc2)c(-c2cc(Cl)c3[nH]ncc3c2)[nH]c1=O.CC(C)NC(=O)Nc1nc(-c2ccccc2)c(-c2cc(Cl)c3[nH]ncc3c2)[nH]c1=O.CCNC(=O)Nc1nc(-c2ccccc2)c(-c2cc(Cl)c3[nH]ncc3c2)[nH]c1=O.NC(=O)Nc1nc(-c2ccccc2)c(-c2cc(Cl)c3[nH]ncc3c2)[nH]c1=O.O=C(Nc1nc(-c2ccccc2)c(-c2cc(Cl)c3[nH]ncc3c2)[nH]c1=O)NC1CC1. The molecule has 45 heteroatoms. The number of primary amides is 1. The van der Waals surface area contributed by atoms with E-state index in [0.29, 0.717) is 144 Å². The maximum Gasteiger partial charge on any atom is 0.320 e. The Morgan fingerprint density at radius 2 is 0.578 bits per heavy atom. The van der Waals surface area contributed by atoms with Crippen molar-refractivity contribution >= 4 is 172 Å². The Bertz CT molecular complexity index is 8510. The van der Waals surface area contributed by atoms with Crippen LogP contribution in [0.25, 0.3) is 167 Å². The first-order chi connectivity index (χ1) is 70.8. The number of nitrogens with one attached hydrogen (secondary N) is 19. The number of aromatic nitrogens is 20. The Labute approximate surface area is 855 Å². The molecular weight excluding hydrogens is 1980 g/mol. The van der Waals surface area contributed by atoms with Gasteiger partial charge >= 0.3 is 30.2 Å². The van der Waals surface area contributed by atoms with Crippen LogP contribution in [-0.2, 0) is 0 Å². The molecule has 0 saturated heterocycles. The van der Waals surface area contributed by atoms with E-state index in [-0.39, 0.29) is 41.2 Å². The van der Waals surface area contributed by atoms with Crippen LogP contribution < -0.4 is 81.4 Å². The molecule has 1 aliphatic carbocycles. The van der Waals surface area contributed by atoms with Crippen molar-refractivity contribution in [2.45, 2.75) is 72.0 Å². The lowest BCUT2D eigenvalue weighted by molar-refractivity contribution is 0.243. The van der Waals surface area contributed by atoms with Crippen molar-refractivity contribution in [3.8, 4) is 113 Å². The number of fused-ring (bicyclic) bond motifs is 5. The summed E-state index contributed by atoms with van der Waals surface area (Å²) in [6, 6.07) is 62.0. The van der Waals surface area contributed by atoms with E-state index in [1.54, 1.807) is 68.2 Å². The van der Waals surface area contributed by atoms with E-state index in [4.69, 9.17) is 63.7 Å². The van der Waals surface area contributed by atoms with Crippen LogP contribution in [0.15, 0.2) is 267 Å². The van der Waals surface area contributed by atoms with Crippen molar-refractivity contribution in [3.05, 3.63) is 320 Å². The fourth-order valence-corrected chi connectivity index (χ4v) is 16.8. The molecular formula is C102H87Cl5N30O10. The zero-order chi connectivity index (χ0) is 103. The minimum absolute atomic E-state index is 0.0637. The number of hydrogen-bond acceptors (Lipinski definition) is 20. The smallest absolute Gasteiger partial charge is 0.320 e. The summed E-state index contributed by atoms with van der Waals surface area (Å²) in [6.45, 7) is 11.4. The zero-order valence-corrected chi connectivity index (χ0v) is 82.2. The van der Waals surface area contributed by atoms with Gasteiger partial charge in [0.15, 0.2) is 0 Å². The van der Waals surface area contributed by atoms with Gasteiger partial charge in [-0.25, -0.2) is 48.9 Å². The molecule has 147 heavy (non-hydrogen) atoms. The predicted molar refractivity (Wildman–Crippen MR) is 572 cm³/mol. The largest absolute Gasteiger partial charge is 0.351 e. The summed E-state index contributed by atoms with van der Waals surface area (Å²) < 4.78 is 0. The standard InChI is InChI=1S/C22H21ClN6O2.C21H17ClN6O2.C21H19ClN6O2.C20H17ClN6O2.C18H13ClN6O2/c1-22(2,3)28-21(31)27-19-20(30)26-18(17(25-19)12-7-5-4-6-8-12)13-9-14-11-24-29-16(14)15(23)10-13;22-15-9-12(8-13-10-23-28-16(13)15)18-17(11-4-2-1-3-5-11)25-19(20(29)26-18)27-21(30)24-14-6-7-14;1-11(2)24-21(30)27-19-20(29)26-18(17(25-19)12-6-4-3-5-7-12)13-8-14-10-23-28-16(14)15(22)9-13;1-2-22-20(29)26-18-19(28)25-17(16(24-18)11-6-4-3-5-7-11)12-8-13-10-23-27-15(13)14(21)9-12;19-12-7-10(6-11-8-21-25-13(11)12)15-14(9-4-2-1-3-5-9)22-16(17(26)23-15)24-18(20)27/h4-11H,1-3H3,(H,24,29)(H,26,30)(H2,25,27,28,31);1-5,8-10,14H,6-7H2,(H,23,28)(H,26,29)(H2,24,25,27,30);3-11H,1-2H3,(H,23,28)(H,26,29)(H2,24,25,27,30);3-10H,2H2,1H3,(H,23,27)(H,25,28)(H2,22,24,26,29);1-8H,(H,21,25)(H,23,26)(H3,20,22,24,27). The number of amides is 10. The average molecular weight is 2070 g/mol. The third kappa shape index (κ3) is 23.9.